The number of likely N-dealkylation sites (tertiary alicyclic amines) is 1. The van der Waals surface area contributed by atoms with Gasteiger partial charge in [0.15, 0.2) is 0 Å². The number of hydrogen-bond acceptors (Lipinski definition) is 2. The molecule has 0 unspecified atom stereocenters. The predicted octanol–water partition coefficient (Wildman–Crippen LogP) is 0.851. The smallest absolute Gasteiger partial charge is 0.407 e. The van der Waals surface area contributed by atoms with Crippen LogP contribution in [0.15, 0.2) is 0 Å². The van der Waals surface area contributed by atoms with Crippen LogP contribution in [0.1, 0.15) is 19.3 Å². The summed E-state index contributed by atoms with van der Waals surface area (Å²) < 4.78 is 0. The average Bonchev–Trinajstić information content (AvgIpc) is 2.07. The monoisotopic (exact) mass is 175 g/mol. The Morgan fingerprint density at radius 1 is 1.25 bits per heavy atom. The van der Waals surface area contributed by atoms with Crippen LogP contribution in [0.2, 0.25) is 0 Å². The van der Waals surface area contributed by atoms with Crippen molar-refractivity contribution in [2.75, 3.05) is 13.1 Å². The van der Waals surface area contributed by atoms with Gasteiger partial charge in [0.05, 0.1) is 0 Å². The molecule has 70 valence electrons. The van der Waals surface area contributed by atoms with E-state index < -0.39 is 6.09 Å². The van der Waals surface area contributed by atoms with Gasteiger partial charge in [0.1, 0.15) is 0 Å². The fourth-order valence-corrected chi connectivity index (χ4v) is 1.09. The molecule has 2 N–H and O–H groups in total. The SMILES string of the molecule is O=C(O)N1CCCCC1.O=CO. The van der Waals surface area contributed by atoms with Crippen molar-refractivity contribution in [2.24, 2.45) is 0 Å². The lowest BCUT2D eigenvalue weighted by atomic mass is 10.1. The van der Waals surface area contributed by atoms with Crippen LogP contribution in [0, 0.1) is 0 Å². The predicted molar refractivity (Wildman–Crippen MR) is 42.1 cm³/mol. The fourth-order valence-electron chi connectivity index (χ4n) is 1.09. The molecular formula is C7H13NO4. The van der Waals surface area contributed by atoms with Crippen LogP contribution in [0.4, 0.5) is 4.79 Å². The molecule has 0 atom stereocenters. The number of nitrogens with zero attached hydrogens (tertiary/aromatic N) is 1. The molecule has 0 spiro atoms. The van der Waals surface area contributed by atoms with Crippen LogP contribution in [0.25, 0.3) is 0 Å². The van der Waals surface area contributed by atoms with E-state index in [4.69, 9.17) is 15.0 Å². The standard InChI is InChI=1S/C6H11NO2.CH2O2/c8-6(9)7-4-2-1-3-5-7;2-1-3/h1-5H2,(H,8,9);1H,(H,2,3). The van der Waals surface area contributed by atoms with Gasteiger partial charge in [-0.05, 0) is 19.3 Å². The van der Waals surface area contributed by atoms with Gasteiger partial charge in [-0.25, -0.2) is 4.79 Å². The summed E-state index contributed by atoms with van der Waals surface area (Å²) in [6, 6.07) is 0. The highest BCUT2D eigenvalue weighted by atomic mass is 16.4. The summed E-state index contributed by atoms with van der Waals surface area (Å²) in [6.07, 6.45) is 2.48. The maximum Gasteiger partial charge on any atom is 0.407 e. The van der Waals surface area contributed by atoms with E-state index in [1.165, 1.54) is 11.3 Å². The first-order valence-corrected chi connectivity index (χ1v) is 3.78. The molecule has 1 rings (SSSR count). The summed E-state index contributed by atoms with van der Waals surface area (Å²) in [5.74, 6) is 0. The molecule has 1 heterocycles. The molecule has 1 aliphatic heterocycles. The molecule has 0 saturated carbocycles. The molecule has 0 radical (unpaired) electrons. The zero-order valence-electron chi connectivity index (χ0n) is 6.77. The summed E-state index contributed by atoms with van der Waals surface area (Å²) in [5, 5.41) is 15.4. The van der Waals surface area contributed by atoms with Gasteiger partial charge in [-0.15, -0.1) is 0 Å². The molecule has 0 aromatic rings. The third-order valence-electron chi connectivity index (χ3n) is 1.63. The largest absolute Gasteiger partial charge is 0.483 e. The van der Waals surface area contributed by atoms with Gasteiger partial charge in [-0.1, -0.05) is 0 Å². The minimum atomic E-state index is -0.769. The zero-order chi connectivity index (χ0) is 9.40. The first-order valence-electron chi connectivity index (χ1n) is 3.78. The lowest BCUT2D eigenvalue weighted by molar-refractivity contribution is -0.122. The minimum Gasteiger partial charge on any atom is -0.483 e. The molecule has 1 amide bonds. The molecule has 0 aromatic carbocycles. The van der Waals surface area contributed by atoms with Crippen molar-refractivity contribution in [3.63, 3.8) is 0 Å². The minimum absolute atomic E-state index is 0.250. The molecule has 1 aliphatic rings. The molecule has 1 fully saturated rings. The molecule has 5 heteroatoms. The van der Waals surface area contributed by atoms with E-state index in [1.807, 2.05) is 0 Å². The van der Waals surface area contributed by atoms with E-state index in [9.17, 15) is 4.79 Å². The molecule has 5 nitrogen and oxygen atoms in total. The topological polar surface area (TPSA) is 77.8 Å². The van der Waals surface area contributed by atoms with Crippen molar-refractivity contribution >= 4 is 12.6 Å². The fraction of sp³-hybridized carbons (Fsp3) is 0.714. The van der Waals surface area contributed by atoms with Gasteiger partial charge >= 0.3 is 6.09 Å². The van der Waals surface area contributed by atoms with Gasteiger partial charge in [-0.2, -0.15) is 0 Å². The zero-order valence-corrected chi connectivity index (χ0v) is 6.77. The van der Waals surface area contributed by atoms with Crippen LogP contribution in [-0.4, -0.2) is 40.8 Å². The second-order valence-electron chi connectivity index (χ2n) is 2.44. The van der Waals surface area contributed by atoms with Gasteiger partial charge in [0, 0.05) is 13.1 Å². The number of amides is 1. The summed E-state index contributed by atoms with van der Waals surface area (Å²) in [5.41, 5.74) is 0. The van der Waals surface area contributed by atoms with Gasteiger partial charge in [0.2, 0.25) is 0 Å². The molecule has 1 saturated heterocycles. The van der Waals surface area contributed by atoms with Gasteiger partial charge in [0.25, 0.3) is 6.47 Å². The first-order chi connectivity index (χ1) is 5.72. The number of rotatable bonds is 0. The van der Waals surface area contributed by atoms with Crippen molar-refractivity contribution in [3.05, 3.63) is 0 Å². The van der Waals surface area contributed by atoms with E-state index in [0.717, 1.165) is 25.9 Å². The normalized spacial score (nSPS) is 15.8. The second kappa shape index (κ2) is 6.45. The van der Waals surface area contributed by atoms with Crippen molar-refractivity contribution in [2.45, 2.75) is 19.3 Å². The Kier molecular flexibility index (Phi) is 5.77. The van der Waals surface area contributed by atoms with Crippen molar-refractivity contribution in [3.8, 4) is 0 Å². The Morgan fingerprint density at radius 3 is 1.92 bits per heavy atom. The average molecular weight is 175 g/mol. The van der Waals surface area contributed by atoms with Crippen molar-refractivity contribution in [1.82, 2.24) is 4.90 Å². The highest BCUT2D eigenvalue weighted by Gasteiger charge is 2.13. The third-order valence-corrected chi connectivity index (χ3v) is 1.63. The molecule has 12 heavy (non-hydrogen) atoms. The Morgan fingerprint density at radius 2 is 1.67 bits per heavy atom. The molecule has 0 aliphatic carbocycles. The van der Waals surface area contributed by atoms with Gasteiger partial charge < -0.3 is 15.1 Å². The number of carboxylic acid groups (broad SMARTS) is 2. The number of hydrogen-bond donors (Lipinski definition) is 2. The van der Waals surface area contributed by atoms with E-state index in [0.29, 0.717) is 0 Å². The van der Waals surface area contributed by atoms with Gasteiger partial charge in [-0.3, -0.25) is 4.79 Å². The van der Waals surface area contributed by atoms with E-state index in [1.54, 1.807) is 0 Å². The van der Waals surface area contributed by atoms with Crippen molar-refractivity contribution < 1.29 is 19.8 Å². The Hall–Kier alpha value is -1.26. The van der Waals surface area contributed by atoms with Crippen LogP contribution < -0.4 is 0 Å². The maximum absolute atomic E-state index is 10.3. The Balaban J connectivity index is 0.000000354. The molecule has 0 bridgehead atoms. The van der Waals surface area contributed by atoms with E-state index in [2.05, 4.69) is 0 Å². The lowest BCUT2D eigenvalue weighted by Gasteiger charge is -2.22. The summed E-state index contributed by atoms with van der Waals surface area (Å²) in [6.45, 7) is 1.21. The Labute approximate surface area is 70.6 Å². The highest BCUT2D eigenvalue weighted by molar-refractivity contribution is 5.64. The maximum atomic E-state index is 10.3. The van der Waals surface area contributed by atoms with Crippen LogP contribution in [0.5, 0.6) is 0 Å². The second-order valence-corrected chi connectivity index (χ2v) is 2.44. The van der Waals surface area contributed by atoms with Crippen LogP contribution in [-0.2, 0) is 4.79 Å². The quantitative estimate of drug-likeness (QED) is 0.535. The molecule has 0 aromatic heterocycles. The Bertz CT molecular complexity index is 142. The van der Waals surface area contributed by atoms with E-state index in [-0.39, 0.29) is 6.47 Å². The summed E-state index contributed by atoms with van der Waals surface area (Å²) in [7, 11) is 0. The van der Waals surface area contributed by atoms with Crippen LogP contribution >= 0.6 is 0 Å². The molecular weight excluding hydrogens is 162 g/mol. The summed E-state index contributed by atoms with van der Waals surface area (Å²) in [4.78, 5) is 20.1. The van der Waals surface area contributed by atoms with E-state index >= 15 is 0 Å². The highest BCUT2D eigenvalue weighted by Crippen LogP contribution is 2.07. The van der Waals surface area contributed by atoms with Crippen LogP contribution in [0.3, 0.4) is 0 Å². The lowest BCUT2D eigenvalue weighted by Crippen LogP contribution is -2.34. The first kappa shape index (κ1) is 10.7. The summed E-state index contributed by atoms with van der Waals surface area (Å²) >= 11 is 0. The third kappa shape index (κ3) is 4.54. The van der Waals surface area contributed by atoms with Crippen molar-refractivity contribution in [1.29, 1.82) is 0 Å². The number of piperidine rings is 1. The number of carbonyl (C=O) groups is 2.